The molecule has 1 rings (SSSR count). The van der Waals surface area contributed by atoms with Gasteiger partial charge < -0.3 is 5.73 Å². The largest absolute Gasteiger partial charge is 0.396 e. The predicted molar refractivity (Wildman–Crippen MR) is 42.2 cm³/mol. The summed E-state index contributed by atoms with van der Waals surface area (Å²) >= 11 is 0. The first-order valence-corrected chi connectivity index (χ1v) is 5.14. The molecule has 0 aliphatic rings. The average Bonchev–Trinajstić information content (AvgIpc) is 1.89. The lowest BCUT2D eigenvalue weighted by Gasteiger charge is -2.40. The predicted octanol–water partition coefficient (Wildman–Crippen LogP) is 4.07. The zero-order valence-corrected chi connectivity index (χ0v) is 7.30. The third-order valence-corrected chi connectivity index (χ3v) is 2.56. The van der Waals surface area contributed by atoms with Crippen LogP contribution in [0.15, 0.2) is 23.1 Å². The molecule has 0 atom stereocenters. The highest BCUT2D eigenvalue weighted by molar-refractivity contribution is 8.45. The molecule has 0 radical (unpaired) electrons. The van der Waals surface area contributed by atoms with Crippen molar-refractivity contribution in [3.8, 4) is 0 Å². The van der Waals surface area contributed by atoms with Crippen LogP contribution in [-0.4, -0.2) is 0 Å². The van der Waals surface area contributed by atoms with Gasteiger partial charge in [-0.2, -0.15) is 0 Å². The average molecular weight is 237 g/mol. The van der Waals surface area contributed by atoms with Crippen molar-refractivity contribution in [3.63, 3.8) is 0 Å². The molecule has 0 bridgehead atoms. The van der Waals surface area contributed by atoms with Gasteiger partial charge >= 0.3 is 10.2 Å². The van der Waals surface area contributed by atoms with E-state index in [9.17, 15) is 23.8 Å². The minimum Gasteiger partial charge on any atom is -0.396 e. The van der Waals surface area contributed by atoms with E-state index in [1.165, 1.54) is 0 Å². The Morgan fingerprint density at radius 1 is 1.00 bits per heavy atom. The van der Waals surface area contributed by atoms with E-state index in [0.717, 1.165) is 0 Å². The molecule has 1 aromatic carbocycles. The number of nitrogens with two attached hydrogens (primary N) is 1. The summed E-state index contributed by atoms with van der Waals surface area (Å²) in [5.74, 6) is -1.52. The van der Waals surface area contributed by atoms with Crippen LogP contribution in [0, 0.1) is 5.82 Å². The number of benzene rings is 1. The van der Waals surface area contributed by atoms with Crippen molar-refractivity contribution in [1.29, 1.82) is 0 Å². The van der Waals surface area contributed by atoms with Crippen molar-refractivity contribution in [2.45, 2.75) is 4.90 Å². The van der Waals surface area contributed by atoms with E-state index in [1.54, 1.807) is 0 Å². The Morgan fingerprint density at radius 3 is 1.86 bits per heavy atom. The van der Waals surface area contributed by atoms with Crippen LogP contribution in [0.25, 0.3) is 0 Å². The highest BCUT2D eigenvalue weighted by Gasteiger charge is 2.65. The van der Waals surface area contributed by atoms with Gasteiger partial charge in [0.15, 0.2) is 0 Å². The lowest BCUT2D eigenvalue weighted by atomic mass is 10.3. The van der Waals surface area contributed by atoms with Gasteiger partial charge in [-0.05, 0) is 18.2 Å². The Kier molecular flexibility index (Phi) is 1.68. The van der Waals surface area contributed by atoms with Crippen LogP contribution < -0.4 is 5.73 Å². The van der Waals surface area contributed by atoms with Crippen LogP contribution in [0.3, 0.4) is 0 Å². The van der Waals surface area contributed by atoms with Crippen molar-refractivity contribution in [1.82, 2.24) is 0 Å². The zero-order valence-electron chi connectivity index (χ0n) is 6.49. The molecule has 1 nitrogen and oxygen atoms in total. The Labute approximate surface area is 75.2 Å². The van der Waals surface area contributed by atoms with Crippen LogP contribution >= 0.6 is 10.2 Å². The molecule has 2 N–H and O–H groups in total. The van der Waals surface area contributed by atoms with Crippen LogP contribution in [-0.2, 0) is 0 Å². The Balaban J connectivity index is 3.45. The van der Waals surface area contributed by atoms with Crippen LogP contribution in [0.1, 0.15) is 0 Å². The van der Waals surface area contributed by atoms with Crippen molar-refractivity contribution in [2.75, 3.05) is 5.73 Å². The van der Waals surface area contributed by atoms with Gasteiger partial charge in [0, 0.05) is 0 Å². The van der Waals surface area contributed by atoms with Crippen LogP contribution in [0.4, 0.5) is 29.5 Å². The molecular weight excluding hydrogens is 232 g/mol. The summed E-state index contributed by atoms with van der Waals surface area (Å²) in [6.07, 6.45) is 0. The minimum absolute atomic E-state index is 0.0555. The fourth-order valence-corrected chi connectivity index (χ4v) is 1.40. The lowest BCUT2D eigenvalue weighted by Crippen LogP contribution is -2.07. The molecular formula is C6H5F6NS. The smallest absolute Gasteiger partial charge is 0.310 e. The van der Waals surface area contributed by atoms with E-state index in [1.807, 2.05) is 0 Å². The number of hydrogen-bond acceptors (Lipinski definition) is 1. The molecule has 0 aliphatic carbocycles. The second-order valence-corrected chi connectivity index (χ2v) is 5.06. The molecule has 0 heterocycles. The molecule has 0 unspecified atom stereocenters. The fourth-order valence-electron chi connectivity index (χ4n) is 0.748. The summed E-state index contributed by atoms with van der Waals surface area (Å²) in [7, 11) is -9.78. The summed E-state index contributed by atoms with van der Waals surface area (Å²) in [5, 5.41) is 0. The topological polar surface area (TPSA) is 26.0 Å². The Hall–Kier alpha value is -1.05. The molecule has 0 fully saturated rings. The van der Waals surface area contributed by atoms with Gasteiger partial charge in [-0.1, -0.05) is 19.4 Å². The zero-order chi connectivity index (χ0) is 11.3. The van der Waals surface area contributed by atoms with Crippen LogP contribution in [0.5, 0.6) is 0 Å². The minimum atomic E-state index is -9.78. The lowest BCUT2D eigenvalue weighted by molar-refractivity contribution is 0.363. The monoisotopic (exact) mass is 237 g/mol. The van der Waals surface area contributed by atoms with Crippen molar-refractivity contribution in [2.24, 2.45) is 0 Å². The van der Waals surface area contributed by atoms with Gasteiger partial charge in [0.25, 0.3) is 0 Å². The molecule has 8 heteroatoms. The fraction of sp³-hybridized carbons (Fsp3) is 0. The maximum absolute atomic E-state index is 12.5. The molecule has 0 saturated heterocycles. The van der Waals surface area contributed by atoms with E-state index >= 15 is 0 Å². The van der Waals surface area contributed by atoms with E-state index in [-0.39, 0.29) is 12.1 Å². The number of anilines is 1. The Morgan fingerprint density at radius 2 is 1.50 bits per heavy atom. The molecule has 82 valence electrons. The summed E-state index contributed by atoms with van der Waals surface area (Å²) in [5.41, 5.74) is 4.23. The molecule has 0 spiro atoms. The van der Waals surface area contributed by atoms with E-state index in [4.69, 9.17) is 5.73 Å². The van der Waals surface area contributed by atoms with Crippen molar-refractivity contribution in [3.05, 3.63) is 24.0 Å². The molecule has 1 aromatic rings. The van der Waals surface area contributed by atoms with E-state index < -0.39 is 26.6 Å². The van der Waals surface area contributed by atoms with Crippen molar-refractivity contribution >= 4 is 15.9 Å². The number of hydrogen-bond donors (Lipinski definition) is 1. The second kappa shape index (κ2) is 2.13. The third-order valence-electron chi connectivity index (χ3n) is 1.42. The second-order valence-electron chi connectivity index (χ2n) is 2.65. The highest BCUT2D eigenvalue weighted by atomic mass is 32.5. The number of halogens is 6. The summed E-state index contributed by atoms with van der Waals surface area (Å²) in [6, 6.07) is 0.194. The summed E-state index contributed by atoms with van der Waals surface area (Å²) in [4.78, 5) is -2.28. The molecule has 0 saturated carbocycles. The van der Waals surface area contributed by atoms with Gasteiger partial charge in [0.1, 0.15) is 10.7 Å². The maximum Gasteiger partial charge on any atom is 0.310 e. The molecule has 0 amide bonds. The SMILES string of the molecule is Nc1ccc(S(F)(F)(F)(F)F)cc1F. The van der Waals surface area contributed by atoms with Gasteiger partial charge in [0.05, 0.1) is 5.69 Å². The van der Waals surface area contributed by atoms with Gasteiger partial charge in [-0.15, -0.1) is 0 Å². The quantitative estimate of drug-likeness (QED) is 0.578. The molecule has 14 heavy (non-hydrogen) atoms. The molecule has 0 aromatic heterocycles. The third kappa shape index (κ3) is 2.25. The highest BCUT2D eigenvalue weighted by Crippen LogP contribution is 3.02. The number of rotatable bonds is 1. The van der Waals surface area contributed by atoms with E-state index in [0.29, 0.717) is 6.07 Å². The summed E-state index contributed by atoms with van der Waals surface area (Å²) in [6.45, 7) is 0. The van der Waals surface area contributed by atoms with Crippen molar-refractivity contribution < 1.29 is 23.8 Å². The van der Waals surface area contributed by atoms with Gasteiger partial charge in [-0.3, -0.25) is 0 Å². The van der Waals surface area contributed by atoms with E-state index in [2.05, 4.69) is 0 Å². The first-order valence-electron chi connectivity index (χ1n) is 3.19. The van der Waals surface area contributed by atoms with Gasteiger partial charge in [-0.25, -0.2) is 4.39 Å². The first-order chi connectivity index (χ1) is 5.90. The number of nitrogen functional groups attached to an aromatic ring is 1. The maximum atomic E-state index is 12.5. The normalized spacial score (nSPS) is 17.3. The molecule has 0 aliphatic heterocycles. The van der Waals surface area contributed by atoms with Gasteiger partial charge in [0.2, 0.25) is 0 Å². The first kappa shape index (κ1) is 11.0. The van der Waals surface area contributed by atoms with Crippen LogP contribution in [0.2, 0.25) is 0 Å². The summed E-state index contributed by atoms with van der Waals surface area (Å²) < 4.78 is 72.8. The standard InChI is InChI=1S/C6H5F6NS/c7-5-3-4(1-2-6(5)13)14(8,9,10,11)12/h1-3H,13H2. The Bertz CT molecular complexity index is 382.